The Morgan fingerprint density at radius 3 is 2.23 bits per heavy atom. The zero-order valence-electron chi connectivity index (χ0n) is 27.7. The highest BCUT2D eigenvalue weighted by Crippen LogP contribution is 2.30. The topological polar surface area (TPSA) is 94.2 Å². The van der Waals surface area contributed by atoms with E-state index < -0.39 is 24.1 Å². The minimum atomic E-state index is -0.950. The number of fused-ring (bicyclic) bond motifs is 1. The van der Waals surface area contributed by atoms with E-state index in [9.17, 15) is 14.4 Å². The fraction of sp³-hybridized carbons (Fsp3) is 0.275. The summed E-state index contributed by atoms with van der Waals surface area (Å²) in [5.41, 5.74) is 5.95. The van der Waals surface area contributed by atoms with Crippen molar-refractivity contribution in [1.82, 2.24) is 10.2 Å². The second-order valence-electron chi connectivity index (χ2n) is 12.6. The fourth-order valence-corrected chi connectivity index (χ4v) is 5.43. The lowest BCUT2D eigenvalue weighted by atomic mass is 9.87. The SMILES string of the molecule is CC#CCOC(=O)C(CNC(=O)OC(=O)N1CCc2ccc(Oc3ccc(C(C)(C)C)cc3)cc2C1)c1ccc(-c2ccccc2)cc1. The Balaban J connectivity index is 1.19. The van der Waals surface area contributed by atoms with Crippen LogP contribution in [-0.2, 0) is 32.6 Å². The Hall–Kier alpha value is -5.55. The van der Waals surface area contributed by atoms with Crippen LogP contribution in [0, 0.1) is 11.8 Å². The smallest absolute Gasteiger partial charge is 0.419 e. The van der Waals surface area contributed by atoms with Crippen molar-refractivity contribution in [2.24, 2.45) is 0 Å². The molecule has 1 N–H and O–H groups in total. The molecule has 8 nitrogen and oxygen atoms in total. The van der Waals surface area contributed by atoms with Gasteiger partial charge < -0.3 is 24.4 Å². The van der Waals surface area contributed by atoms with Crippen LogP contribution in [0.1, 0.15) is 55.9 Å². The van der Waals surface area contributed by atoms with Crippen LogP contribution in [0.5, 0.6) is 11.5 Å². The first-order valence-corrected chi connectivity index (χ1v) is 16.0. The van der Waals surface area contributed by atoms with Crippen molar-refractivity contribution in [2.75, 3.05) is 19.7 Å². The lowest BCUT2D eigenvalue weighted by Crippen LogP contribution is -2.40. The quantitative estimate of drug-likeness (QED) is 0.119. The first-order valence-electron chi connectivity index (χ1n) is 16.0. The van der Waals surface area contributed by atoms with Gasteiger partial charge in [0.1, 0.15) is 11.5 Å². The van der Waals surface area contributed by atoms with Crippen LogP contribution in [-0.4, -0.2) is 42.8 Å². The van der Waals surface area contributed by atoms with E-state index in [1.165, 1.54) is 10.5 Å². The van der Waals surface area contributed by atoms with Gasteiger partial charge in [0.15, 0.2) is 6.61 Å². The van der Waals surface area contributed by atoms with Gasteiger partial charge in [0.25, 0.3) is 0 Å². The summed E-state index contributed by atoms with van der Waals surface area (Å²) in [6.45, 7) is 8.62. The van der Waals surface area contributed by atoms with Crippen LogP contribution in [0.15, 0.2) is 97.1 Å². The number of hydrogen-bond donors (Lipinski definition) is 1. The van der Waals surface area contributed by atoms with Crippen LogP contribution in [0.2, 0.25) is 0 Å². The number of esters is 1. The van der Waals surface area contributed by atoms with Gasteiger partial charge in [-0.05, 0) is 76.4 Å². The first-order chi connectivity index (χ1) is 23.1. The number of nitrogens with zero attached hydrogens (tertiary/aromatic N) is 1. The number of amides is 2. The van der Waals surface area contributed by atoms with Gasteiger partial charge in [-0.15, -0.1) is 5.92 Å². The molecule has 4 aromatic rings. The average molecular weight is 645 g/mol. The van der Waals surface area contributed by atoms with Gasteiger partial charge in [-0.3, -0.25) is 4.79 Å². The Bertz CT molecular complexity index is 1800. The molecule has 5 rings (SSSR count). The summed E-state index contributed by atoms with van der Waals surface area (Å²) in [7, 11) is 0. The van der Waals surface area contributed by atoms with Crippen LogP contribution >= 0.6 is 0 Å². The maximum absolute atomic E-state index is 13.0. The Morgan fingerprint density at radius 2 is 1.54 bits per heavy atom. The van der Waals surface area contributed by atoms with E-state index in [2.05, 4.69) is 50.1 Å². The number of carbonyl (C=O) groups is 3. The maximum Gasteiger partial charge on any atom is 0.419 e. The van der Waals surface area contributed by atoms with Gasteiger partial charge >= 0.3 is 18.2 Å². The van der Waals surface area contributed by atoms with Crippen molar-refractivity contribution in [3.8, 4) is 34.5 Å². The van der Waals surface area contributed by atoms with E-state index in [0.717, 1.165) is 28.0 Å². The maximum atomic E-state index is 13.0. The van der Waals surface area contributed by atoms with Gasteiger partial charge in [0, 0.05) is 19.6 Å². The zero-order chi connectivity index (χ0) is 34.1. The van der Waals surface area contributed by atoms with Crippen molar-refractivity contribution in [3.63, 3.8) is 0 Å². The Labute approximate surface area is 282 Å². The number of alkyl carbamates (subject to hydrolysis) is 1. The van der Waals surface area contributed by atoms with Crippen LogP contribution < -0.4 is 10.1 Å². The van der Waals surface area contributed by atoms with E-state index in [-0.39, 0.29) is 25.1 Å². The van der Waals surface area contributed by atoms with Gasteiger partial charge in [-0.25, -0.2) is 9.59 Å². The number of ether oxygens (including phenoxy) is 3. The summed E-state index contributed by atoms with van der Waals surface area (Å²) in [6, 6.07) is 31.2. The predicted octanol–water partition coefficient (Wildman–Crippen LogP) is 8.00. The molecule has 8 heteroatoms. The number of nitrogens with one attached hydrogen (secondary N) is 1. The Morgan fingerprint density at radius 1 is 0.854 bits per heavy atom. The molecule has 1 atom stereocenters. The van der Waals surface area contributed by atoms with Crippen LogP contribution in [0.25, 0.3) is 11.1 Å². The highest BCUT2D eigenvalue weighted by Gasteiger charge is 2.27. The predicted molar refractivity (Wildman–Crippen MR) is 185 cm³/mol. The second kappa shape index (κ2) is 15.4. The fourth-order valence-electron chi connectivity index (χ4n) is 5.43. The van der Waals surface area contributed by atoms with Crippen molar-refractivity contribution >= 4 is 18.2 Å². The number of hydrogen-bond acceptors (Lipinski definition) is 6. The summed E-state index contributed by atoms with van der Waals surface area (Å²) in [5, 5.41) is 2.57. The molecule has 0 bridgehead atoms. The Kier molecular flexibility index (Phi) is 10.8. The third-order valence-corrected chi connectivity index (χ3v) is 8.20. The van der Waals surface area contributed by atoms with Gasteiger partial charge in [0.2, 0.25) is 0 Å². The monoisotopic (exact) mass is 644 g/mol. The third kappa shape index (κ3) is 8.83. The first kappa shape index (κ1) is 33.8. The van der Waals surface area contributed by atoms with Gasteiger partial charge in [0.05, 0.1) is 5.92 Å². The summed E-state index contributed by atoms with van der Waals surface area (Å²) < 4.78 is 16.6. The number of benzene rings is 4. The van der Waals surface area contributed by atoms with Crippen molar-refractivity contribution in [3.05, 3.63) is 119 Å². The summed E-state index contributed by atoms with van der Waals surface area (Å²) >= 11 is 0. The zero-order valence-corrected chi connectivity index (χ0v) is 27.7. The molecular formula is C40H40N2O6. The summed E-state index contributed by atoms with van der Waals surface area (Å²) in [5.74, 6) is 5.40. The molecule has 0 aliphatic carbocycles. The van der Waals surface area contributed by atoms with Gasteiger partial charge in [-0.2, -0.15) is 0 Å². The normalized spacial score (nSPS) is 12.9. The average Bonchev–Trinajstić information content (AvgIpc) is 3.08. The van der Waals surface area contributed by atoms with Crippen molar-refractivity contribution < 1.29 is 28.6 Å². The molecule has 1 aliphatic heterocycles. The second-order valence-corrected chi connectivity index (χ2v) is 12.6. The molecule has 0 spiro atoms. The number of rotatable bonds is 8. The molecule has 246 valence electrons. The molecule has 1 unspecified atom stereocenters. The largest absolute Gasteiger partial charge is 0.457 e. The lowest BCUT2D eigenvalue weighted by molar-refractivity contribution is -0.143. The van der Waals surface area contributed by atoms with Crippen LogP contribution in [0.3, 0.4) is 0 Å². The van der Waals surface area contributed by atoms with Crippen LogP contribution in [0.4, 0.5) is 9.59 Å². The van der Waals surface area contributed by atoms with E-state index in [1.54, 1.807) is 6.92 Å². The third-order valence-electron chi connectivity index (χ3n) is 8.20. The van der Waals surface area contributed by atoms with Gasteiger partial charge in [-0.1, -0.05) is 99.5 Å². The molecule has 1 aliphatic rings. The summed E-state index contributed by atoms with van der Waals surface area (Å²) in [6.07, 6.45) is -1.11. The minimum absolute atomic E-state index is 0.0475. The van der Waals surface area contributed by atoms with E-state index in [1.807, 2.05) is 84.9 Å². The molecule has 0 saturated heterocycles. The highest BCUT2D eigenvalue weighted by molar-refractivity contribution is 5.85. The molecule has 2 amide bonds. The molecule has 0 fully saturated rings. The standard InChI is InChI=1S/C40H40N2O6/c1-5-6-24-46-37(43)36(31-14-12-29(13-15-31)28-10-8-7-9-11-28)26-41-38(44)48-39(45)42-23-22-30-16-19-35(25-32(30)27-42)47-34-20-17-33(18-21-34)40(2,3)4/h7-21,25,36H,22-24,26-27H2,1-4H3,(H,41,44). The molecule has 1 heterocycles. The molecule has 0 radical (unpaired) electrons. The lowest BCUT2D eigenvalue weighted by Gasteiger charge is -2.28. The molecule has 4 aromatic carbocycles. The van der Waals surface area contributed by atoms with Crippen molar-refractivity contribution in [2.45, 2.75) is 52.0 Å². The van der Waals surface area contributed by atoms with E-state index in [4.69, 9.17) is 14.2 Å². The summed E-state index contributed by atoms with van der Waals surface area (Å²) in [4.78, 5) is 40.3. The highest BCUT2D eigenvalue weighted by atomic mass is 16.6. The number of carbonyl (C=O) groups excluding carboxylic acids is 3. The minimum Gasteiger partial charge on any atom is -0.457 e. The van der Waals surface area contributed by atoms with Crippen molar-refractivity contribution in [1.29, 1.82) is 0 Å². The molecule has 0 saturated carbocycles. The molecular weight excluding hydrogens is 604 g/mol. The molecule has 48 heavy (non-hydrogen) atoms. The molecule has 0 aromatic heterocycles. The van der Waals surface area contributed by atoms with E-state index >= 15 is 0 Å². The van der Waals surface area contributed by atoms with E-state index in [0.29, 0.717) is 24.3 Å².